The average molecular weight is 416 g/mol. The zero-order valence-electron chi connectivity index (χ0n) is 11.7. The number of rotatable bonds is 1. The Hall–Kier alpha value is -0.880. The number of amides is 2. The molecular weight excluding hydrogens is 400 g/mol. The summed E-state index contributed by atoms with van der Waals surface area (Å²) < 4.78 is 1.71. The number of carbonyl (C=O) groups is 2. The maximum atomic E-state index is 12.9. The Morgan fingerprint density at radius 2 is 1.90 bits per heavy atom. The van der Waals surface area contributed by atoms with Crippen molar-refractivity contribution >= 4 is 49.4 Å². The third-order valence-electron chi connectivity index (χ3n) is 4.22. The fourth-order valence-electron chi connectivity index (χ4n) is 3.15. The molecule has 2 unspecified atom stereocenters. The highest BCUT2D eigenvalue weighted by Crippen LogP contribution is 2.35. The van der Waals surface area contributed by atoms with Gasteiger partial charge in [-0.05, 0) is 60.3 Å². The summed E-state index contributed by atoms with van der Waals surface area (Å²) in [6.07, 6.45) is 2.75. The standard InChI is InChI=1S/C15H16Br2N2O2/c1-9-14(20)18-7-3-2-4-12(18)15(21)19(9)13-8-10(16)5-6-11(13)17/h5-6,8-9,12H,2-4,7H2,1H3. The molecular formula is C15H16Br2N2O2. The van der Waals surface area contributed by atoms with Gasteiger partial charge in [0, 0.05) is 15.5 Å². The molecule has 1 aromatic carbocycles. The van der Waals surface area contributed by atoms with Crippen LogP contribution in [0.25, 0.3) is 0 Å². The second-order valence-corrected chi connectivity index (χ2v) is 7.29. The molecule has 112 valence electrons. The molecule has 3 rings (SSSR count). The SMILES string of the molecule is CC1C(=O)N2CCCCC2C(=O)N1c1cc(Br)ccc1Br. The maximum absolute atomic E-state index is 12.9. The molecule has 0 radical (unpaired) electrons. The van der Waals surface area contributed by atoms with Crippen LogP contribution in [0.2, 0.25) is 0 Å². The average Bonchev–Trinajstić information content (AvgIpc) is 2.49. The van der Waals surface area contributed by atoms with Crippen molar-refractivity contribution < 1.29 is 9.59 Å². The number of piperazine rings is 1. The molecule has 0 bridgehead atoms. The predicted octanol–water partition coefficient (Wildman–Crippen LogP) is 3.33. The van der Waals surface area contributed by atoms with Crippen LogP contribution in [0, 0.1) is 0 Å². The summed E-state index contributed by atoms with van der Waals surface area (Å²) in [5, 5.41) is 0. The Balaban J connectivity index is 2.03. The Morgan fingerprint density at radius 3 is 2.67 bits per heavy atom. The molecule has 0 saturated carbocycles. The van der Waals surface area contributed by atoms with Crippen molar-refractivity contribution in [3.8, 4) is 0 Å². The van der Waals surface area contributed by atoms with E-state index in [2.05, 4.69) is 31.9 Å². The summed E-state index contributed by atoms with van der Waals surface area (Å²) in [6.45, 7) is 2.51. The first-order valence-electron chi connectivity index (χ1n) is 7.09. The van der Waals surface area contributed by atoms with Crippen LogP contribution in [-0.4, -0.2) is 35.3 Å². The second-order valence-electron chi connectivity index (χ2n) is 5.52. The van der Waals surface area contributed by atoms with Crippen LogP contribution < -0.4 is 4.90 Å². The third-order valence-corrected chi connectivity index (χ3v) is 5.38. The molecule has 2 aliphatic heterocycles. The minimum Gasteiger partial charge on any atom is -0.329 e. The van der Waals surface area contributed by atoms with Crippen LogP contribution in [0.4, 0.5) is 5.69 Å². The zero-order chi connectivity index (χ0) is 15.1. The number of piperidine rings is 1. The summed E-state index contributed by atoms with van der Waals surface area (Å²) in [5.41, 5.74) is 0.750. The van der Waals surface area contributed by atoms with Crippen LogP contribution in [0.5, 0.6) is 0 Å². The molecule has 2 fully saturated rings. The van der Waals surface area contributed by atoms with E-state index in [0.29, 0.717) is 6.54 Å². The molecule has 0 aliphatic carbocycles. The van der Waals surface area contributed by atoms with Gasteiger partial charge in [-0.25, -0.2) is 0 Å². The lowest BCUT2D eigenvalue weighted by Gasteiger charge is -2.46. The van der Waals surface area contributed by atoms with Gasteiger partial charge in [0.1, 0.15) is 12.1 Å². The van der Waals surface area contributed by atoms with Gasteiger partial charge in [0.05, 0.1) is 5.69 Å². The Kier molecular flexibility index (Phi) is 4.10. The smallest absolute Gasteiger partial charge is 0.250 e. The van der Waals surface area contributed by atoms with E-state index in [0.717, 1.165) is 33.9 Å². The highest BCUT2D eigenvalue weighted by molar-refractivity contribution is 9.11. The normalized spacial score (nSPS) is 26.0. The lowest BCUT2D eigenvalue weighted by molar-refractivity contribution is -0.147. The lowest BCUT2D eigenvalue weighted by Crippen LogP contribution is -2.65. The van der Waals surface area contributed by atoms with Gasteiger partial charge in [-0.1, -0.05) is 15.9 Å². The lowest BCUT2D eigenvalue weighted by atomic mass is 9.95. The van der Waals surface area contributed by atoms with Gasteiger partial charge in [-0.3, -0.25) is 14.5 Å². The number of benzene rings is 1. The molecule has 2 heterocycles. The monoisotopic (exact) mass is 414 g/mol. The predicted molar refractivity (Wildman–Crippen MR) is 88.1 cm³/mol. The minimum atomic E-state index is -0.461. The summed E-state index contributed by atoms with van der Waals surface area (Å²) in [4.78, 5) is 28.9. The van der Waals surface area contributed by atoms with Crippen LogP contribution >= 0.6 is 31.9 Å². The van der Waals surface area contributed by atoms with Gasteiger partial charge in [-0.15, -0.1) is 0 Å². The first-order chi connectivity index (χ1) is 10.0. The molecule has 0 N–H and O–H groups in total. The fourth-order valence-corrected chi connectivity index (χ4v) is 3.94. The topological polar surface area (TPSA) is 40.6 Å². The maximum Gasteiger partial charge on any atom is 0.250 e. The summed E-state index contributed by atoms with van der Waals surface area (Å²) in [5.74, 6) is 0.0757. The van der Waals surface area contributed by atoms with Crippen molar-refractivity contribution in [2.45, 2.75) is 38.3 Å². The van der Waals surface area contributed by atoms with Crippen LogP contribution in [0.15, 0.2) is 27.1 Å². The Bertz CT molecular complexity index is 605. The van der Waals surface area contributed by atoms with E-state index in [4.69, 9.17) is 0 Å². The van der Waals surface area contributed by atoms with Crippen LogP contribution in [-0.2, 0) is 9.59 Å². The first kappa shape index (κ1) is 15.0. The van der Waals surface area contributed by atoms with Crippen molar-refractivity contribution in [2.24, 2.45) is 0 Å². The number of hydrogen-bond donors (Lipinski definition) is 0. The molecule has 2 aliphatic rings. The van der Waals surface area contributed by atoms with Crippen LogP contribution in [0.1, 0.15) is 26.2 Å². The molecule has 2 amide bonds. The number of halogens is 2. The van der Waals surface area contributed by atoms with Gasteiger partial charge in [-0.2, -0.15) is 0 Å². The van der Waals surface area contributed by atoms with E-state index < -0.39 is 6.04 Å². The van der Waals surface area contributed by atoms with Crippen LogP contribution in [0.3, 0.4) is 0 Å². The number of hydrogen-bond acceptors (Lipinski definition) is 2. The van der Waals surface area contributed by atoms with Gasteiger partial charge < -0.3 is 4.90 Å². The second kappa shape index (κ2) is 5.72. The third kappa shape index (κ3) is 2.52. The molecule has 6 heteroatoms. The highest BCUT2D eigenvalue weighted by atomic mass is 79.9. The summed E-state index contributed by atoms with van der Waals surface area (Å²) >= 11 is 6.92. The van der Waals surface area contributed by atoms with E-state index in [1.54, 1.807) is 16.7 Å². The zero-order valence-corrected chi connectivity index (χ0v) is 14.9. The van der Waals surface area contributed by atoms with Gasteiger partial charge >= 0.3 is 0 Å². The number of nitrogens with zero attached hydrogens (tertiary/aromatic N) is 2. The van der Waals surface area contributed by atoms with Crippen molar-refractivity contribution in [3.05, 3.63) is 27.1 Å². The van der Waals surface area contributed by atoms with E-state index in [1.165, 1.54) is 0 Å². The molecule has 21 heavy (non-hydrogen) atoms. The fraction of sp³-hybridized carbons (Fsp3) is 0.467. The highest BCUT2D eigenvalue weighted by Gasteiger charge is 2.45. The molecule has 2 saturated heterocycles. The van der Waals surface area contributed by atoms with Crippen molar-refractivity contribution in [2.75, 3.05) is 11.4 Å². The van der Waals surface area contributed by atoms with Crippen molar-refractivity contribution in [1.82, 2.24) is 4.90 Å². The Labute approximate surface area is 140 Å². The molecule has 2 atom stereocenters. The molecule has 4 nitrogen and oxygen atoms in total. The van der Waals surface area contributed by atoms with Gasteiger partial charge in [0.15, 0.2) is 0 Å². The number of fused-ring (bicyclic) bond motifs is 1. The number of carbonyl (C=O) groups excluding carboxylic acids is 2. The molecule has 1 aromatic rings. The van der Waals surface area contributed by atoms with E-state index in [9.17, 15) is 9.59 Å². The van der Waals surface area contributed by atoms with Crippen molar-refractivity contribution in [3.63, 3.8) is 0 Å². The summed E-state index contributed by atoms with van der Waals surface area (Å²) in [6, 6.07) is 4.91. The van der Waals surface area contributed by atoms with E-state index in [-0.39, 0.29) is 17.9 Å². The molecule has 0 aromatic heterocycles. The molecule has 0 spiro atoms. The quantitative estimate of drug-likeness (QED) is 0.705. The summed E-state index contributed by atoms with van der Waals surface area (Å²) in [7, 11) is 0. The van der Waals surface area contributed by atoms with Crippen molar-refractivity contribution in [1.29, 1.82) is 0 Å². The Morgan fingerprint density at radius 1 is 1.14 bits per heavy atom. The van der Waals surface area contributed by atoms with Gasteiger partial charge in [0.2, 0.25) is 5.91 Å². The van der Waals surface area contributed by atoms with Gasteiger partial charge in [0.25, 0.3) is 5.91 Å². The van der Waals surface area contributed by atoms with E-state index in [1.807, 2.05) is 18.2 Å². The minimum absolute atomic E-state index is 0.0283. The first-order valence-corrected chi connectivity index (χ1v) is 8.68. The van der Waals surface area contributed by atoms with E-state index >= 15 is 0 Å². The largest absolute Gasteiger partial charge is 0.329 e. The number of anilines is 1.